The van der Waals surface area contributed by atoms with Gasteiger partial charge in [-0.2, -0.15) is 0 Å². The molecular formula is C19H24N2O4. The minimum absolute atomic E-state index is 0.245. The van der Waals surface area contributed by atoms with Crippen molar-refractivity contribution in [2.45, 2.75) is 13.3 Å². The molecule has 0 aliphatic carbocycles. The highest BCUT2D eigenvalue weighted by Gasteiger charge is 2.06. The molecule has 0 aliphatic heterocycles. The van der Waals surface area contributed by atoms with Crippen molar-refractivity contribution in [3.8, 4) is 17.2 Å². The average Bonchev–Trinajstić information content (AvgIpc) is 2.61. The lowest BCUT2D eigenvalue weighted by Crippen LogP contribution is -2.30. The molecule has 0 atom stereocenters. The zero-order valence-electron chi connectivity index (χ0n) is 15.0. The van der Waals surface area contributed by atoms with Gasteiger partial charge in [0, 0.05) is 12.2 Å². The SMILES string of the molecule is COc1ccc(NC(=O)NCCc2ccc(OC)c(OC)c2)cc1C. The first-order valence-electron chi connectivity index (χ1n) is 7.97. The number of carbonyl (C=O) groups is 1. The van der Waals surface area contributed by atoms with Crippen molar-refractivity contribution in [1.82, 2.24) is 5.32 Å². The van der Waals surface area contributed by atoms with Gasteiger partial charge in [-0.15, -0.1) is 0 Å². The van der Waals surface area contributed by atoms with Crippen LogP contribution in [0.5, 0.6) is 17.2 Å². The van der Waals surface area contributed by atoms with E-state index in [1.807, 2.05) is 37.3 Å². The molecule has 0 heterocycles. The fraction of sp³-hybridized carbons (Fsp3) is 0.316. The molecule has 2 rings (SSSR count). The van der Waals surface area contributed by atoms with E-state index in [0.717, 1.165) is 22.6 Å². The largest absolute Gasteiger partial charge is 0.496 e. The number of nitrogens with one attached hydrogen (secondary N) is 2. The van der Waals surface area contributed by atoms with E-state index >= 15 is 0 Å². The number of ether oxygens (including phenoxy) is 3. The molecule has 0 radical (unpaired) electrons. The third kappa shape index (κ3) is 5.04. The number of aryl methyl sites for hydroxylation is 1. The van der Waals surface area contributed by atoms with Gasteiger partial charge in [-0.3, -0.25) is 0 Å². The van der Waals surface area contributed by atoms with Gasteiger partial charge in [0.1, 0.15) is 5.75 Å². The quantitative estimate of drug-likeness (QED) is 0.808. The molecule has 0 unspecified atom stereocenters. The Balaban J connectivity index is 1.85. The molecular weight excluding hydrogens is 320 g/mol. The molecule has 0 bridgehead atoms. The first-order valence-corrected chi connectivity index (χ1v) is 7.97. The molecule has 2 N–H and O–H groups in total. The Bertz CT molecular complexity index is 731. The summed E-state index contributed by atoms with van der Waals surface area (Å²) in [6.07, 6.45) is 0.690. The smallest absolute Gasteiger partial charge is 0.319 e. The molecule has 0 aromatic heterocycles. The van der Waals surface area contributed by atoms with Gasteiger partial charge >= 0.3 is 6.03 Å². The fourth-order valence-electron chi connectivity index (χ4n) is 2.49. The number of benzene rings is 2. The van der Waals surface area contributed by atoms with Crippen LogP contribution in [0.15, 0.2) is 36.4 Å². The summed E-state index contributed by atoms with van der Waals surface area (Å²) in [6.45, 7) is 2.44. The molecule has 0 fully saturated rings. The molecule has 0 saturated carbocycles. The number of hydrogen-bond acceptors (Lipinski definition) is 4. The van der Waals surface area contributed by atoms with Crippen molar-refractivity contribution < 1.29 is 19.0 Å². The van der Waals surface area contributed by atoms with Gasteiger partial charge in [0.25, 0.3) is 0 Å². The fourth-order valence-corrected chi connectivity index (χ4v) is 2.49. The maximum Gasteiger partial charge on any atom is 0.319 e. The number of rotatable bonds is 7. The van der Waals surface area contributed by atoms with Gasteiger partial charge in [-0.25, -0.2) is 4.79 Å². The maximum absolute atomic E-state index is 12.0. The second-order valence-electron chi connectivity index (χ2n) is 5.50. The molecule has 2 amide bonds. The summed E-state index contributed by atoms with van der Waals surface area (Å²) in [5, 5.41) is 5.65. The van der Waals surface area contributed by atoms with Crippen LogP contribution in [0.1, 0.15) is 11.1 Å². The van der Waals surface area contributed by atoms with E-state index in [1.165, 1.54) is 0 Å². The molecule has 0 saturated heterocycles. The number of methoxy groups -OCH3 is 3. The molecule has 134 valence electrons. The Morgan fingerprint density at radius 3 is 2.24 bits per heavy atom. The van der Waals surface area contributed by atoms with Crippen LogP contribution < -0.4 is 24.8 Å². The van der Waals surface area contributed by atoms with Gasteiger partial charge < -0.3 is 24.8 Å². The number of amides is 2. The van der Waals surface area contributed by atoms with Crippen molar-refractivity contribution in [3.63, 3.8) is 0 Å². The van der Waals surface area contributed by atoms with E-state index in [1.54, 1.807) is 27.4 Å². The van der Waals surface area contributed by atoms with E-state index in [0.29, 0.717) is 24.5 Å². The van der Waals surface area contributed by atoms with Crippen LogP contribution in [-0.2, 0) is 6.42 Å². The van der Waals surface area contributed by atoms with Gasteiger partial charge in [0.2, 0.25) is 0 Å². The second-order valence-corrected chi connectivity index (χ2v) is 5.50. The Hall–Kier alpha value is -2.89. The van der Waals surface area contributed by atoms with Crippen molar-refractivity contribution >= 4 is 11.7 Å². The van der Waals surface area contributed by atoms with Crippen LogP contribution in [0.3, 0.4) is 0 Å². The first kappa shape index (κ1) is 18.4. The summed E-state index contributed by atoms with van der Waals surface area (Å²) in [4.78, 5) is 12.0. The average molecular weight is 344 g/mol. The third-order valence-electron chi connectivity index (χ3n) is 3.80. The standard InChI is InChI=1S/C19H24N2O4/c1-13-11-15(6-8-16(13)23-2)21-19(22)20-10-9-14-5-7-17(24-3)18(12-14)25-4/h5-8,11-12H,9-10H2,1-4H3,(H2,20,21,22). The Morgan fingerprint density at radius 1 is 0.920 bits per heavy atom. The lowest BCUT2D eigenvalue weighted by Gasteiger charge is -2.11. The van der Waals surface area contributed by atoms with E-state index < -0.39 is 0 Å². The summed E-state index contributed by atoms with van der Waals surface area (Å²) in [6, 6.07) is 11.0. The maximum atomic E-state index is 12.0. The van der Waals surface area contributed by atoms with Crippen LogP contribution in [0.2, 0.25) is 0 Å². The molecule has 6 nitrogen and oxygen atoms in total. The summed E-state index contributed by atoms with van der Waals surface area (Å²) in [7, 11) is 4.82. The normalized spacial score (nSPS) is 10.1. The second kappa shape index (κ2) is 8.82. The zero-order valence-corrected chi connectivity index (χ0v) is 15.0. The van der Waals surface area contributed by atoms with Crippen molar-refractivity contribution in [3.05, 3.63) is 47.5 Å². The minimum atomic E-state index is -0.245. The molecule has 25 heavy (non-hydrogen) atoms. The lowest BCUT2D eigenvalue weighted by molar-refractivity contribution is 0.252. The van der Waals surface area contributed by atoms with E-state index in [-0.39, 0.29) is 6.03 Å². The molecule has 2 aromatic rings. The van der Waals surface area contributed by atoms with Crippen molar-refractivity contribution in [1.29, 1.82) is 0 Å². The van der Waals surface area contributed by atoms with Crippen LogP contribution in [0.4, 0.5) is 10.5 Å². The highest BCUT2D eigenvalue weighted by molar-refractivity contribution is 5.89. The lowest BCUT2D eigenvalue weighted by atomic mass is 10.1. The molecule has 0 aliphatic rings. The Labute approximate surface area is 148 Å². The predicted octanol–water partition coefficient (Wildman–Crippen LogP) is 3.39. The molecule has 6 heteroatoms. The highest BCUT2D eigenvalue weighted by atomic mass is 16.5. The summed E-state index contributed by atoms with van der Waals surface area (Å²) < 4.78 is 15.7. The predicted molar refractivity (Wildman–Crippen MR) is 98.0 cm³/mol. The summed E-state index contributed by atoms with van der Waals surface area (Å²) >= 11 is 0. The Kier molecular flexibility index (Phi) is 6.51. The number of hydrogen-bond donors (Lipinski definition) is 2. The Morgan fingerprint density at radius 2 is 1.60 bits per heavy atom. The molecule has 0 spiro atoms. The molecule has 2 aromatic carbocycles. The van der Waals surface area contributed by atoms with Gasteiger partial charge in [0.15, 0.2) is 11.5 Å². The van der Waals surface area contributed by atoms with Gasteiger partial charge in [-0.05, 0) is 54.8 Å². The third-order valence-corrected chi connectivity index (χ3v) is 3.80. The monoisotopic (exact) mass is 344 g/mol. The topological polar surface area (TPSA) is 68.8 Å². The summed E-state index contributed by atoms with van der Waals surface area (Å²) in [5.41, 5.74) is 2.74. The van der Waals surface area contributed by atoms with Crippen LogP contribution in [0.25, 0.3) is 0 Å². The number of urea groups is 1. The first-order chi connectivity index (χ1) is 12.1. The van der Waals surface area contributed by atoms with Gasteiger partial charge in [0.05, 0.1) is 21.3 Å². The minimum Gasteiger partial charge on any atom is -0.496 e. The van der Waals surface area contributed by atoms with Crippen molar-refractivity contribution in [2.75, 3.05) is 33.2 Å². The number of carbonyl (C=O) groups excluding carboxylic acids is 1. The van der Waals surface area contributed by atoms with E-state index in [9.17, 15) is 4.79 Å². The van der Waals surface area contributed by atoms with E-state index in [2.05, 4.69) is 10.6 Å². The van der Waals surface area contributed by atoms with E-state index in [4.69, 9.17) is 14.2 Å². The van der Waals surface area contributed by atoms with Crippen molar-refractivity contribution in [2.24, 2.45) is 0 Å². The van der Waals surface area contributed by atoms with Gasteiger partial charge in [-0.1, -0.05) is 6.07 Å². The van der Waals surface area contributed by atoms with Crippen LogP contribution >= 0.6 is 0 Å². The van der Waals surface area contributed by atoms with Crippen LogP contribution in [0, 0.1) is 6.92 Å². The number of anilines is 1. The van der Waals surface area contributed by atoms with Crippen LogP contribution in [-0.4, -0.2) is 33.9 Å². The summed E-state index contributed by atoms with van der Waals surface area (Å²) in [5.74, 6) is 2.16. The highest BCUT2D eigenvalue weighted by Crippen LogP contribution is 2.27. The zero-order chi connectivity index (χ0) is 18.2.